The Morgan fingerprint density at radius 1 is 0.893 bits per heavy atom. The lowest BCUT2D eigenvalue weighted by atomic mass is 9.95. The average Bonchev–Trinajstić information content (AvgIpc) is 2.73. The molecule has 0 amide bonds. The molecule has 0 radical (unpaired) electrons. The monoisotopic (exact) mass is 380 g/mol. The van der Waals surface area contributed by atoms with Crippen LogP contribution in [0.4, 0.5) is 8.78 Å². The minimum absolute atomic E-state index is 0.154. The molecule has 2 nitrogen and oxygen atoms in total. The summed E-state index contributed by atoms with van der Waals surface area (Å²) in [5.41, 5.74) is 3.71. The third-order valence-electron chi connectivity index (χ3n) is 4.99. The summed E-state index contributed by atoms with van der Waals surface area (Å²) in [6.45, 7) is 5.80. The van der Waals surface area contributed by atoms with Gasteiger partial charge in [0.15, 0.2) is 11.6 Å². The predicted molar refractivity (Wildman–Crippen MR) is 107 cm³/mol. The van der Waals surface area contributed by atoms with Crippen LogP contribution in [0.5, 0.6) is 5.75 Å². The largest absolute Gasteiger partial charge is 0.420 e. The van der Waals surface area contributed by atoms with E-state index in [1.54, 1.807) is 24.3 Å². The first kappa shape index (κ1) is 19.7. The van der Waals surface area contributed by atoms with Gasteiger partial charge in [-0.25, -0.2) is 9.18 Å². The fourth-order valence-electron chi connectivity index (χ4n) is 2.90. The van der Waals surface area contributed by atoms with Gasteiger partial charge in [-0.1, -0.05) is 56.3 Å². The van der Waals surface area contributed by atoms with Gasteiger partial charge in [-0.2, -0.15) is 4.39 Å². The van der Waals surface area contributed by atoms with Crippen molar-refractivity contribution in [3.05, 3.63) is 89.0 Å². The Morgan fingerprint density at radius 2 is 1.46 bits per heavy atom. The number of hydrogen-bond acceptors (Lipinski definition) is 2. The van der Waals surface area contributed by atoms with Crippen molar-refractivity contribution in [1.29, 1.82) is 0 Å². The molecule has 0 fully saturated rings. The van der Waals surface area contributed by atoms with Gasteiger partial charge < -0.3 is 4.74 Å². The number of esters is 1. The molecule has 3 aromatic carbocycles. The highest BCUT2D eigenvalue weighted by atomic mass is 19.2. The fourth-order valence-corrected chi connectivity index (χ4v) is 2.90. The summed E-state index contributed by atoms with van der Waals surface area (Å²) in [5, 5.41) is 0. The number of aryl methyl sites for hydroxylation is 1. The van der Waals surface area contributed by atoms with Gasteiger partial charge in [0.25, 0.3) is 0 Å². The number of hydrogen-bond donors (Lipinski definition) is 0. The zero-order valence-corrected chi connectivity index (χ0v) is 16.1. The van der Waals surface area contributed by atoms with Crippen LogP contribution < -0.4 is 4.74 Å². The standard InChI is InChI=1S/C24H22F2O2/c1-4-15(2)17-6-8-18(9-7-17)19-10-12-20(13-11-19)24(27)28-21-14-5-16(3)22(25)23(21)26/h5-15H,4H2,1-3H3. The molecular formula is C24H22F2O2. The van der Waals surface area contributed by atoms with Crippen LogP contribution in [0.1, 0.15) is 47.7 Å². The first-order chi connectivity index (χ1) is 13.4. The second kappa shape index (κ2) is 8.34. The third kappa shape index (κ3) is 4.11. The van der Waals surface area contributed by atoms with Crippen LogP contribution in [-0.2, 0) is 0 Å². The maximum Gasteiger partial charge on any atom is 0.343 e. The molecule has 0 aromatic heterocycles. The Bertz CT molecular complexity index is 977. The molecular weight excluding hydrogens is 358 g/mol. The Balaban J connectivity index is 1.75. The van der Waals surface area contributed by atoms with Crippen molar-refractivity contribution in [2.75, 3.05) is 0 Å². The van der Waals surface area contributed by atoms with E-state index < -0.39 is 23.4 Å². The molecule has 1 atom stereocenters. The Hall–Kier alpha value is -3.01. The normalized spacial score (nSPS) is 11.9. The predicted octanol–water partition coefficient (Wildman–Crippen LogP) is 6.67. The molecule has 0 aliphatic carbocycles. The first-order valence-corrected chi connectivity index (χ1v) is 9.28. The van der Waals surface area contributed by atoms with Crippen LogP contribution in [0.15, 0.2) is 60.7 Å². The van der Waals surface area contributed by atoms with E-state index in [1.165, 1.54) is 24.6 Å². The van der Waals surface area contributed by atoms with Crippen LogP contribution in [-0.4, -0.2) is 5.97 Å². The van der Waals surface area contributed by atoms with Gasteiger partial charge >= 0.3 is 5.97 Å². The second-order valence-electron chi connectivity index (χ2n) is 6.91. The van der Waals surface area contributed by atoms with E-state index >= 15 is 0 Å². The van der Waals surface area contributed by atoms with Crippen molar-refractivity contribution < 1.29 is 18.3 Å². The lowest BCUT2D eigenvalue weighted by Crippen LogP contribution is -2.10. The van der Waals surface area contributed by atoms with E-state index in [0.717, 1.165) is 17.5 Å². The summed E-state index contributed by atoms with van der Waals surface area (Å²) in [6, 6.07) is 17.8. The van der Waals surface area contributed by atoms with Crippen LogP contribution >= 0.6 is 0 Å². The van der Waals surface area contributed by atoms with Crippen LogP contribution in [0.2, 0.25) is 0 Å². The molecule has 0 aliphatic heterocycles. The van der Waals surface area contributed by atoms with Gasteiger partial charge in [0.1, 0.15) is 0 Å². The summed E-state index contributed by atoms with van der Waals surface area (Å²) in [4.78, 5) is 12.3. The van der Waals surface area contributed by atoms with Crippen molar-refractivity contribution in [2.45, 2.75) is 33.1 Å². The van der Waals surface area contributed by atoms with Gasteiger partial charge in [-0.05, 0) is 59.7 Å². The van der Waals surface area contributed by atoms with Crippen LogP contribution in [0.25, 0.3) is 11.1 Å². The van der Waals surface area contributed by atoms with Crippen molar-refractivity contribution >= 4 is 5.97 Å². The fraction of sp³-hybridized carbons (Fsp3) is 0.208. The number of carbonyl (C=O) groups is 1. The highest BCUT2D eigenvalue weighted by molar-refractivity contribution is 5.91. The minimum Gasteiger partial charge on any atom is -0.420 e. The Kier molecular flexibility index (Phi) is 5.88. The molecule has 0 saturated heterocycles. The highest BCUT2D eigenvalue weighted by Gasteiger charge is 2.16. The van der Waals surface area contributed by atoms with Crippen molar-refractivity contribution in [2.24, 2.45) is 0 Å². The van der Waals surface area contributed by atoms with Crippen molar-refractivity contribution in [3.63, 3.8) is 0 Å². The van der Waals surface area contributed by atoms with Crippen molar-refractivity contribution in [3.8, 4) is 16.9 Å². The maximum atomic E-state index is 13.9. The van der Waals surface area contributed by atoms with Gasteiger partial charge in [0.2, 0.25) is 5.82 Å². The molecule has 144 valence electrons. The third-order valence-corrected chi connectivity index (χ3v) is 4.99. The van der Waals surface area contributed by atoms with Gasteiger partial charge in [-0.3, -0.25) is 0 Å². The minimum atomic E-state index is -1.16. The molecule has 1 unspecified atom stereocenters. The summed E-state index contributed by atoms with van der Waals surface area (Å²) < 4.78 is 32.5. The quantitative estimate of drug-likeness (QED) is 0.365. The number of carbonyl (C=O) groups excluding carboxylic acids is 1. The molecule has 0 spiro atoms. The van der Waals surface area contributed by atoms with Crippen LogP contribution in [0.3, 0.4) is 0 Å². The number of benzene rings is 3. The molecule has 4 heteroatoms. The number of halogens is 2. The molecule has 0 bridgehead atoms. The van der Waals surface area contributed by atoms with Gasteiger partial charge in [0.05, 0.1) is 5.56 Å². The maximum absolute atomic E-state index is 13.9. The summed E-state index contributed by atoms with van der Waals surface area (Å²) in [6.07, 6.45) is 1.08. The molecule has 3 aromatic rings. The van der Waals surface area contributed by atoms with E-state index in [0.29, 0.717) is 5.92 Å². The van der Waals surface area contributed by atoms with Crippen LogP contribution in [0, 0.1) is 18.6 Å². The summed E-state index contributed by atoms with van der Waals surface area (Å²) >= 11 is 0. The molecule has 0 saturated carbocycles. The summed E-state index contributed by atoms with van der Waals surface area (Å²) in [7, 11) is 0. The number of rotatable bonds is 5. The lowest BCUT2D eigenvalue weighted by Gasteiger charge is -2.10. The molecule has 3 rings (SSSR count). The molecule has 0 N–H and O–H groups in total. The molecule has 0 heterocycles. The Labute approximate surface area is 163 Å². The molecule has 28 heavy (non-hydrogen) atoms. The molecule has 0 aliphatic rings. The van der Waals surface area contributed by atoms with E-state index in [4.69, 9.17) is 4.74 Å². The topological polar surface area (TPSA) is 26.3 Å². The SMILES string of the molecule is CCC(C)c1ccc(-c2ccc(C(=O)Oc3ccc(C)c(F)c3F)cc2)cc1. The van der Waals surface area contributed by atoms with Gasteiger partial charge in [-0.15, -0.1) is 0 Å². The number of ether oxygens (including phenoxy) is 1. The first-order valence-electron chi connectivity index (χ1n) is 9.28. The van der Waals surface area contributed by atoms with E-state index in [2.05, 4.69) is 38.1 Å². The smallest absolute Gasteiger partial charge is 0.343 e. The Morgan fingerprint density at radius 3 is 2.04 bits per heavy atom. The average molecular weight is 380 g/mol. The summed E-state index contributed by atoms with van der Waals surface area (Å²) in [5.74, 6) is -2.82. The van der Waals surface area contributed by atoms with Gasteiger partial charge in [0, 0.05) is 0 Å². The zero-order valence-electron chi connectivity index (χ0n) is 16.1. The lowest BCUT2D eigenvalue weighted by molar-refractivity contribution is 0.0726. The highest BCUT2D eigenvalue weighted by Crippen LogP contribution is 2.26. The second-order valence-corrected chi connectivity index (χ2v) is 6.91. The van der Waals surface area contributed by atoms with E-state index in [9.17, 15) is 13.6 Å². The van der Waals surface area contributed by atoms with E-state index in [-0.39, 0.29) is 11.1 Å². The van der Waals surface area contributed by atoms with Crippen molar-refractivity contribution in [1.82, 2.24) is 0 Å². The van der Waals surface area contributed by atoms with E-state index in [1.807, 2.05) is 0 Å². The zero-order chi connectivity index (χ0) is 20.3.